The second-order valence-electron chi connectivity index (χ2n) is 7.39. The number of nitrogens with zero attached hydrogens (tertiary/aromatic N) is 2. The Kier molecular flexibility index (Phi) is 5.60. The molecule has 1 aliphatic rings. The number of H-pyrrole nitrogens is 1. The largest absolute Gasteiger partial charge is 0.497 e. The minimum absolute atomic E-state index is 0.0549. The number of carbonyl (C=O) groups is 1. The van der Waals surface area contributed by atoms with Crippen LogP contribution in [0.1, 0.15) is 41.2 Å². The van der Waals surface area contributed by atoms with Gasteiger partial charge < -0.3 is 9.64 Å². The summed E-state index contributed by atoms with van der Waals surface area (Å²) in [4.78, 5) is 15.0. The Hall–Kier alpha value is -3.15. The molecule has 1 amide bonds. The molecule has 0 aliphatic carbocycles. The van der Waals surface area contributed by atoms with Crippen LogP contribution >= 0.6 is 0 Å². The topological polar surface area (TPSA) is 58.2 Å². The van der Waals surface area contributed by atoms with Crippen molar-refractivity contribution in [2.45, 2.75) is 25.2 Å². The lowest BCUT2D eigenvalue weighted by molar-refractivity contribution is 0.0748. The highest BCUT2D eigenvalue weighted by molar-refractivity contribution is 5.93. The first-order chi connectivity index (χ1) is 14.1. The second-order valence-corrected chi connectivity index (χ2v) is 7.39. The smallest absolute Gasteiger partial charge is 0.271 e. The third-order valence-electron chi connectivity index (χ3n) is 5.47. The average Bonchev–Trinajstić information content (AvgIpc) is 3.12. The van der Waals surface area contributed by atoms with Crippen LogP contribution in [0.15, 0.2) is 54.6 Å². The fraction of sp³-hybridized carbons (Fsp3) is 0.304. The Bertz CT molecular complexity index is 984. The molecule has 3 aromatic rings. The summed E-state index contributed by atoms with van der Waals surface area (Å²) in [5.41, 5.74) is 3.15. The Labute approximate surface area is 169 Å². The third-order valence-corrected chi connectivity index (χ3v) is 5.47. The van der Waals surface area contributed by atoms with E-state index in [4.69, 9.17) is 4.74 Å². The molecular formula is C23H24FN3O2. The number of nitrogens with one attached hydrogen (secondary N) is 1. The van der Waals surface area contributed by atoms with Gasteiger partial charge in [-0.3, -0.25) is 9.89 Å². The highest BCUT2D eigenvalue weighted by atomic mass is 19.1. The van der Waals surface area contributed by atoms with Crippen LogP contribution in [0.4, 0.5) is 4.39 Å². The molecule has 4 rings (SSSR count). The normalized spacial score (nSPS) is 17.0. The van der Waals surface area contributed by atoms with E-state index in [0.717, 1.165) is 36.1 Å². The maximum Gasteiger partial charge on any atom is 0.271 e. The molecule has 0 saturated carbocycles. The van der Waals surface area contributed by atoms with Crippen LogP contribution in [0.5, 0.6) is 5.75 Å². The molecule has 1 saturated heterocycles. The third kappa shape index (κ3) is 4.31. The van der Waals surface area contributed by atoms with E-state index in [1.54, 1.807) is 13.2 Å². The Morgan fingerprint density at radius 3 is 2.79 bits per heavy atom. The summed E-state index contributed by atoms with van der Waals surface area (Å²) >= 11 is 0. The lowest BCUT2D eigenvalue weighted by atomic mass is 9.94. The van der Waals surface area contributed by atoms with Crippen molar-refractivity contribution >= 4 is 5.91 Å². The zero-order valence-electron chi connectivity index (χ0n) is 16.4. The summed E-state index contributed by atoms with van der Waals surface area (Å²) in [6, 6.07) is 16.0. The Morgan fingerprint density at radius 1 is 1.17 bits per heavy atom. The molecule has 1 aliphatic heterocycles. The van der Waals surface area contributed by atoms with Crippen molar-refractivity contribution in [3.05, 3.63) is 71.7 Å². The van der Waals surface area contributed by atoms with Gasteiger partial charge in [0.1, 0.15) is 17.3 Å². The molecule has 150 valence electrons. The number of hydrogen-bond acceptors (Lipinski definition) is 3. The van der Waals surface area contributed by atoms with Crippen LogP contribution in [-0.2, 0) is 0 Å². The maximum atomic E-state index is 13.3. The maximum absolute atomic E-state index is 13.3. The average molecular weight is 393 g/mol. The van der Waals surface area contributed by atoms with Gasteiger partial charge in [-0.1, -0.05) is 30.7 Å². The van der Waals surface area contributed by atoms with Gasteiger partial charge >= 0.3 is 0 Å². The number of aromatic nitrogens is 2. The standard InChI is InChI=1S/C23H24FN3O2/c1-29-20-7-4-6-17(13-20)21-14-22(26-25-21)23(28)27-12-3-2-5-18(15-27)16-8-10-19(24)11-9-16/h4,6-11,13-14,18H,2-3,5,12,15H2,1H3,(H,25,26). The predicted octanol–water partition coefficient (Wildman–Crippen LogP) is 4.63. The van der Waals surface area contributed by atoms with Gasteiger partial charge in [0.2, 0.25) is 0 Å². The quantitative estimate of drug-likeness (QED) is 0.703. The number of benzene rings is 2. The summed E-state index contributed by atoms with van der Waals surface area (Å²) < 4.78 is 18.5. The van der Waals surface area contributed by atoms with Gasteiger partial charge in [0.15, 0.2) is 0 Å². The molecule has 5 nitrogen and oxygen atoms in total. The highest BCUT2D eigenvalue weighted by Crippen LogP contribution is 2.28. The first kappa shape index (κ1) is 19.2. The number of hydrogen-bond donors (Lipinski definition) is 1. The Balaban J connectivity index is 1.52. The van der Waals surface area contributed by atoms with Crippen molar-refractivity contribution in [3.8, 4) is 17.0 Å². The predicted molar refractivity (Wildman–Crippen MR) is 109 cm³/mol. The van der Waals surface area contributed by atoms with Crippen molar-refractivity contribution in [1.82, 2.24) is 15.1 Å². The molecule has 0 radical (unpaired) electrons. The van der Waals surface area contributed by atoms with Crippen LogP contribution in [0.25, 0.3) is 11.3 Å². The van der Waals surface area contributed by atoms with E-state index in [1.165, 1.54) is 12.1 Å². The molecule has 6 heteroatoms. The second kappa shape index (κ2) is 8.47. The fourth-order valence-electron chi connectivity index (χ4n) is 3.87. The molecule has 1 aromatic heterocycles. The van der Waals surface area contributed by atoms with E-state index in [9.17, 15) is 9.18 Å². The van der Waals surface area contributed by atoms with E-state index >= 15 is 0 Å². The number of ether oxygens (including phenoxy) is 1. The number of amides is 1. The number of methoxy groups -OCH3 is 1. The van der Waals surface area contributed by atoms with Gasteiger partial charge in [0.05, 0.1) is 12.8 Å². The summed E-state index contributed by atoms with van der Waals surface area (Å²) in [5.74, 6) is 0.661. The molecular weight excluding hydrogens is 369 g/mol. The summed E-state index contributed by atoms with van der Waals surface area (Å²) in [5, 5.41) is 7.21. The molecule has 1 fully saturated rings. The summed E-state index contributed by atoms with van der Waals surface area (Å²) in [6.07, 6.45) is 3.00. The summed E-state index contributed by atoms with van der Waals surface area (Å²) in [6.45, 7) is 1.34. The van der Waals surface area contributed by atoms with Crippen molar-refractivity contribution < 1.29 is 13.9 Å². The first-order valence-corrected chi connectivity index (χ1v) is 9.88. The summed E-state index contributed by atoms with van der Waals surface area (Å²) in [7, 11) is 1.62. The van der Waals surface area contributed by atoms with Gasteiger partial charge in [0.25, 0.3) is 5.91 Å². The Morgan fingerprint density at radius 2 is 2.00 bits per heavy atom. The lowest BCUT2D eigenvalue weighted by Crippen LogP contribution is -2.34. The van der Waals surface area contributed by atoms with E-state index in [2.05, 4.69) is 10.2 Å². The molecule has 29 heavy (non-hydrogen) atoms. The number of carbonyl (C=O) groups excluding carboxylic acids is 1. The molecule has 0 bridgehead atoms. The minimum atomic E-state index is -0.238. The van der Waals surface area contributed by atoms with Crippen molar-refractivity contribution in [3.63, 3.8) is 0 Å². The number of rotatable bonds is 4. The van der Waals surface area contributed by atoms with E-state index in [0.29, 0.717) is 24.5 Å². The molecule has 1 atom stereocenters. The zero-order chi connectivity index (χ0) is 20.2. The van der Waals surface area contributed by atoms with Gasteiger partial charge in [-0.15, -0.1) is 0 Å². The van der Waals surface area contributed by atoms with E-state index < -0.39 is 0 Å². The van der Waals surface area contributed by atoms with Gasteiger partial charge in [-0.25, -0.2) is 4.39 Å². The number of aromatic amines is 1. The van der Waals surface area contributed by atoms with Crippen molar-refractivity contribution in [2.24, 2.45) is 0 Å². The first-order valence-electron chi connectivity index (χ1n) is 9.88. The van der Waals surface area contributed by atoms with Crippen molar-refractivity contribution in [2.75, 3.05) is 20.2 Å². The van der Waals surface area contributed by atoms with Crippen LogP contribution in [0.2, 0.25) is 0 Å². The van der Waals surface area contributed by atoms with Crippen LogP contribution in [-0.4, -0.2) is 41.2 Å². The number of halogens is 1. The van der Waals surface area contributed by atoms with E-state index in [1.807, 2.05) is 41.3 Å². The number of likely N-dealkylation sites (tertiary alicyclic amines) is 1. The van der Waals surface area contributed by atoms with Gasteiger partial charge in [-0.2, -0.15) is 5.10 Å². The van der Waals surface area contributed by atoms with E-state index in [-0.39, 0.29) is 17.6 Å². The lowest BCUT2D eigenvalue weighted by Gasteiger charge is -2.24. The van der Waals surface area contributed by atoms with Gasteiger partial charge in [0, 0.05) is 24.6 Å². The molecule has 2 heterocycles. The minimum Gasteiger partial charge on any atom is -0.497 e. The fourth-order valence-corrected chi connectivity index (χ4v) is 3.87. The molecule has 2 aromatic carbocycles. The van der Waals surface area contributed by atoms with Gasteiger partial charge in [-0.05, 0) is 48.7 Å². The molecule has 1 unspecified atom stereocenters. The SMILES string of the molecule is COc1cccc(-c2cc(C(=O)N3CCCCC(c4ccc(F)cc4)C3)[nH]n2)c1. The zero-order valence-corrected chi connectivity index (χ0v) is 16.4. The van der Waals surface area contributed by atoms with Crippen LogP contribution < -0.4 is 4.74 Å². The molecule has 1 N–H and O–H groups in total. The highest BCUT2D eigenvalue weighted by Gasteiger charge is 2.25. The van der Waals surface area contributed by atoms with Crippen LogP contribution in [0.3, 0.4) is 0 Å². The van der Waals surface area contributed by atoms with Crippen molar-refractivity contribution in [1.29, 1.82) is 0 Å². The molecule has 0 spiro atoms. The monoisotopic (exact) mass is 393 g/mol. The van der Waals surface area contributed by atoms with Crippen LogP contribution in [0, 0.1) is 5.82 Å².